The molecule has 0 aliphatic carbocycles. The third-order valence-corrected chi connectivity index (χ3v) is 8.64. The van der Waals surface area contributed by atoms with Crippen LogP contribution in [0.1, 0.15) is 35.8 Å². The molecule has 1 N–H and O–H groups in total. The Labute approximate surface area is 239 Å². The predicted molar refractivity (Wildman–Crippen MR) is 162 cm³/mol. The molecule has 0 aliphatic heterocycles. The van der Waals surface area contributed by atoms with Gasteiger partial charge in [-0.25, -0.2) is 9.59 Å². The lowest BCUT2D eigenvalue weighted by Gasteiger charge is -2.13. The maximum atomic E-state index is 13.8. The van der Waals surface area contributed by atoms with Crippen molar-refractivity contribution in [3.8, 4) is 22.5 Å². The van der Waals surface area contributed by atoms with Gasteiger partial charge in [-0.3, -0.25) is 23.4 Å². The molecule has 6 rings (SSSR count). The van der Waals surface area contributed by atoms with Crippen LogP contribution in [0.3, 0.4) is 0 Å². The van der Waals surface area contributed by atoms with E-state index in [1.165, 1.54) is 15.9 Å². The Hall–Kier alpha value is -4.76. The maximum absolute atomic E-state index is 13.8. The highest BCUT2D eigenvalue weighted by molar-refractivity contribution is 7.18. The molecule has 3 heterocycles. The standard InChI is InChI=1S/C32H28N4O4S/c1-20(2)27-18-26-29(37)35(17-16-21-8-4-3-5-9-21)32(39)36(30(26)41-27)19-22-12-14-23(15-13-22)24-10-6-7-11-25(24)28-33-31(38)40-34-28/h3-15,18,20H,16-17,19H2,1-2H3,(H,33,34,38). The SMILES string of the molecule is CC(C)c1cc2c(=O)n(CCc3ccccc3)c(=O)n(Cc3ccc(-c4ccccc4-c4noc(=O)[nH]4)cc3)c2s1. The van der Waals surface area contributed by atoms with Gasteiger partial charge in [0.2, 0.25) is 0 Å². The molecule has 0 aliphatic rings. The molecule has 0 spiro atoms. The average molecular weight is 565 g/mol. The minimum absolute atomic E-state index is 0.238. The van der Waals surface area contributed by atoms with Gasteiger partial charge in [-0.2, -0.15) is 0 Å². The summed E-state index contributed by atoms with van der Waals surface area (Å²) in [4.78, 5) is 43.2. The molecule has 0 atom stereocenters. The monoisotopic (exact) mass is 564 g/mol. The Morgan fingerprint density at radius 3 is 2.24 bits per heavy atom. The van der Waals surface area contributed by atoms with E-state index in [4.69, 9.17) is 4.52 Å². The van der Waals surface area contributed by atoms with Gasteiger partial charge >= 0.3 is 11.4 Å². The van der Waals surface area contributed by atoms with Gasteiger partial charge in [0.1, 0.15) is 4.83 Å². The first-order valence-corrected chi connectivity index (χ1v) is 14.3. The van der Waals surface area contributed by atoms with Crippen molar-refractivity contribution in [3.05, 3.63) is 132 Å². The van der Waals surface area contributed by atoms with Crippen molar-refractivity contribution < 1.29 is 4.52 Å². The molecule has 6 aromatic rings. The van der Waals surface area contributed by atoms with Gasteiger partial charge < -0.3 is 0 Å². The number of nitrogens with one attached hydrogen (secondary N) is 1. The summed E-state index contributed by atoms with van der Waals surface area (Å²) in [5.41, 5.74) is 4.02. The highest BCUT2D eigenvalue weighted by Gasteiger charge is 2.18. The molecule has 0 saturated heterocycles. The molecule has 0 saturated carbocycles. The molecule has 206 valence electrons. The summed E-state index contributed by atoms with van der Waals surface area (Å²) in [6, 6.07) is 27.3. The third-order valence-electron chi connectivity index (χ3n) is 7.18. The number of fused-ring (bicyclic) bond motifs is 1. The molecule has 0 fully saturated rings. The smallest absolute Gasteiger partial charge is 0.296 e. The zero-order chi connectivity index (χ0) is 28.5. The summed E-state index contributed by atoms with van der Waals surface area (Å²) in [5.74, 6) is -0.00613. The lowest BCUT2D eigenvalue weighted by Crippen LogP contribution is -2.40. The molecule has 0 radical (unpaired) electrons. The highest BCUT2D eigenvalue weighted by atomic mass is 32.1. The number of hydrogen-bond acceptors (Lipinski definition) is 6. The number of H-pyrrole nitrogens is 1. The fraction of sp³-hybridized carbons (Fsp3) is 0.188. The van der Waals surface area contributed by atoms with Crippen LogP contribution in [-0.4, -0.2) is 19.3 Å². The zero-order valence-electron chi connectivity index (χ0n) is 22.7. The Morgan fingerprint density at radius 2 is 1.56 bits per heavy atom. The fourth-order valence-electron chi connectivity index (χ4n) is 4.98. The van der Waals surface area contributed by atoms with Crippen LogP contribution >= 0.6 is 11.3 Å². The van der Waals surface area contributed by atoms with Crippen LogP contribution in [0, 0.1) is 0 Å². The van der Waals surface area contributed by atoms with Crippen molar-refractivity contribution in [1.82, 2.24) is 19.3 Å². The van der Waals surface area contributed by atoms with Gasteiger partial charge in [0.25, 0.3) is 5.56 Å². The van der Waals surface area contributed by atoms with Crippen molar-refractivity contribution in [2.75, 3.05) is 0 Å². The van der Waals surface area contributed by atoms with Gasteiger partial charge in [0.15, 0.2) is 5.82 Å². The van der Waals surface area contributed by atoms with Crippen LogP contribution in [0.5, 0.6) is 0 Å². The number of aromatic nitrogens is 4. The Kier molecular flexibility index (Phi) is 7.11. The number of aromatic amines is 1. The Morgan fingerprint density at radius 1 is 0.854 bits per heavy atom. The molecule has 9 heteroatoms. The van der Waals surface area contributed by atoms with E-state index in [9.17, 15) is 14.4 Å². The Bertz CT molecular complexity index is 2010. The quantitative estimate of drug-likeness (QED) is 0.257. The average Bonchev–Trinajstić information content (AvgIpc) is 3.63. The normalized spacial score (nSPS) is 11.5. The van der Waals surface area contributed by atoms with Crippen LogP contribution in [0.25, 0.3) is 32.7 Å². The van der Waals surface area contributed by atoms with Crippen LogP contribution in [0.15, 0.2) is 104 Å². The minimum Gasteiger partial charge on any atom is -0.296 e. The molecular formula is C32H28N4O4S. The van der Waals surface area contributed by atoms with Gasteiger partial charge in [-0.05, 0) is 40.7 Å². The largest absolute Gasteiger partial charge is 0.439 e. The summed E-state index contributed by atoms with van der Waals surface area (Å²) in [5, 5.41) is 4.42. The van der Waals surface area contributed by atoms with Gasteiger partial charge in [-0.15, -0.1) is 11.3 Å². The molecule has 0 bridgehead atoms. The van der Waals surface area contributed by atoms with E-state index in [0.29, 0.717) is 35.6 Å². The third kappa shape index (κ3) is 5.24. The summed E-state index contributed by atoms with van der Waals surface area (Å²) in [7, 11) is 0. The van der Waals surface area contributed by atoms with Crippen LogP contribution in [0.2, 0.25) is 0 Å². The first-order chi connectivity index (χ1) is 19.9. The van der Waals surface area contributed by atoms with E-state index in [-0.39, 0.29) is 17.2 Å². The second-order valence-electron chi connectivity index (χ2n) is 10.3. The number of thiophene rings is 1. The first-order valence-electron chi connectivity index (χ1n) is 13.4. The second kappa shape index (κ2) is 11.0. The van der Waals surface area contributed by atoms with E-state index in [1.54, 1.807) is 4.57 Å². The molecule has 0 amide bonds. The van der Waals surface area contributed by atoms with E-state index in [0.717, 1.165) is 32.7 Å². The second-order valence-corrected chi connectivity index (χ2v) is 11.3. The van der Waals surface area contributed by atoms with Crippen molar-refractivity contribution in [2.45, 2.75) is 39.3 Å². The van der Waals surface area contributed by atoms with Crippen molar-refractivity contribution in [1.29, 1.82) is 0 Å². The number of aryl methyl sites for hydroxylation is 1. The number of benzene rings is 3. The molecule has 41 heavy (non-hydrogen) atoms. The predicted octanol–water partition coefficient (Wildman–Crippen LogP) is 5.65. The van der Waals surface area contributed by atoms with Crippen molar-refractivity contribution >= 4 is 21.6 Å². The van der Waals surface area contributed by atoms with Crippen LogP contribution in [-0.2, 0) is 19.5 Å². The molecular weight excluding hydrogens is 536 g/mol. The summed E-state index contributed by atoms with van der Waals surface area (Å²) in [6.45, 7) is 4.82. The van der Waals surface area contributed by atoms with Gasteiger partial charge in [0.05, 0.1) is 11.9 Å². The van der Waals surface area contributed by atoms with Crippen molar-refractivity contribution in [3.63, 3.8) is 0 Å². The zero-order valence-corrected chi connectivity index (χ0v) is 23.5. The van der Waals surface area contributed by atoms with Crippen LogP contribution in [0.4, 0.5) is 0 Å². The van der Waals surface area contributed by atoms with E-state index in [1.807, 2.05) is 84.9 Å². The van der Waals surface area contributed by atoms with Gasteiger partial charge in [-0.1, -0.05) is 97.9 Å². The number of hydrogen-bond donors (Lipinski definition) is 1. The summed E-state index contributed by atoms with van der Waals surface area (Å²) in [6.07, 6.45) is 0.591. The number of rotatable bonds is 8. The molecule has 0 unspecified atom stereocenters. The molecule has 8 nitrogen and oxygen atoms in total. The van der Waals surface area contributed by atoms with Crippen LogP contribution < -0.4 is 17.0 Å². The number of nitrogens with zero attached hydrogens (tertiary/aromatic N) is 3. The molecule has 3 aromatic heterocycles. The molecule has 3 aromatic carbocycles. The maximum Gasteiger partial charge on any atom is 0.439 e. The summed E-state index contributed by atoms with van der Waals surface area (Å²) >= 11 is 1.51. The van der Waals surface area contributed by atoms with Gasteiger partial charge in [0, 0.05) is 17.0 Å². The minimum atomic E-state index is -0.610. The van der Waals surface area contributed by atoms with E-state index < -0.39 is 5.76 Å². The lowest BCUT2D eigenvalue weighted by atomic mass is 9.98. The lowest BCUT2D eigenvalue weighted by molar-refractivity contribution is 0.388. The topological polar surface area (TPSA) is 103 Å². The first kappa shape index (κ1) is 26.5. The van der Waals surface area contributed by atoms with E-state index in [2.05, 4.69) is 24.0 Å². The highest BCUT2D eigenvalue weighted by Crippen LogP contribution is 2.31. The summed E-state index contributed by atoms with van der Waals surface area (Å²) < 4.78 is 7.80. The van der Waals surface area contributed by atoms with Crippen molar-refractivity contribution in [2.24, 2.45) is 0 Å². The van der Waals surface area contributed by atoms with E-state index >= 15 is 0 Å². The fourth-order valence-corrected chi connectivity index (χ4v) is 6.13. The Balaban J connectivity index is 1.38.